The number of rotatable bonds is 6. The molecule has 0 atom stereocenters. The van der Waals surface area contributed by atoms with Gasteiger partial charge in [0.05, 0.1) is 0 Å². The average molecular weight is 458 g/mol. The fourth-order valence-corrected chi connectivity index (χ4v) is 2.80. The van der Waals surface area contributed by atoms with Crippen molar-refractivity contribution in [1.29, 1.82) is 0 Å². The Balaban J connectivity index is 0.00000225. The maximum Gasteiger partial charge on any atom is 0.191 e. The number of aryl methyl sites for hydroxylation is 1. The third-order valence-electron chi connectivity index (χ3n) is 4.03. The van der Waals surface area contributed by atoms with Crippen LogP contribution in [0.15, 0.2) is 29.3 Å². The molecule has 0 fully saturated rings. The number of hydrogen-bond acceptors (Lipinski definition) is 3. The molecular formula is C17H24FIN6. The monoisotopic (exact) mass is 458 g/mol. The largest absolute Gasteiger partial charge is 0.357 e. The first-order valence-electron chi connectivity index (χ1n) is 8.44. The van der Waals surface area contributed by atoms with Gasteiger partial charge in [0.2, 0.25) is 0 Å². The zero-order chi connectivity index (χ0) is 16.8. The fraction of sp³-hybridized carbons (Fsp3) is 0.471. The summed E-state index contributed by atoms with van der Waals surface area (Å²) >= 11 is 0. The number of nitrogens with zero attached hydrogens (tertiary/aromatic N) is 4. The Hall–Kier alpha value is -1.71. The van der Waals surface area contributed by atoms with Crippen LogP contribution >= 0.6 is 24.0 Å². The Morgan fingerprint density at radius 1 is 1.24 bits per heavy atom. The van der Waals surface area contributed by atoms with Crippen LogP contribution in [0.5, 0.6) is 0 Å². The molecule has 2 N–H and O–H groups in total. The Kier molecular flexibility index (Phi) is 7.60. The maximum atomic E-state index is 12.9. The van der Waals surface area contributed by atoms with Crippen LogP contribution in [-0.4, -0.2) is 33.8 Å². The highest BCUT2D eigenvalue weighted by molar-refractivity contribution is 14.0. The third kappa shape index (κ3) is 5.38. The first-order valence-corrected chi connectivity index (χ1v) is 8.44. The van der Waals surface area contributed by atoms with Crippen LogP contribution in [0.4, 0.5) is 4.39 Å². The molecule has 0 aliphatic carbocycles. The van der Waals surface area contributed by atoms with Crippen molar-refractivity contribution in [2.24, 2.45) is 4.99 Å². The van der Waals surface area contributed by atoms with E-state index in [1.54, 1.807) is 12.1 Å². The van der Waals surface area contributed by atoms with Gasteiger partial charge < -0.3 is 15.2 Å². The molecule has 2 aromatic rings. The van der Waals surface area contributed by atoms with Crippen LogP contribution in [0.3, 0.4) is 0 Å². The van der Waals surface area contributed by atoms with E-state index in [2.05, 4.69) is 30.4 Å². The van der Waals surface area contributed by atoms with Crippen molar-refractivity contribution in [3.05, 3.63) is 47.3 Å². The second-order valence-corrected chi connectivity index (χ2v) is 5.79. The van der Waals surface area contributed by atoms with E-state index in [-0.39, 0.29) is 29.8 Å². The number of halogens is 2. The predicted octanol–water partition coefficient (Wildman–Crippen LogP) is 2.28. The first-order chi connectivity index (χ1) is 11.8. The van der Waals surface area contributed by atoms with E-state index < -0.39 is 0 Å². The van der Waals surface area contributed by atoms with Gasteiger partial charge in [-0.15, -0.1) is 34.2 Å². The summed E-state index contributed by atoms with van der Waals surface area (Å²) < 4.78 is 15.1. The Bertz CT molecular complexity index is 698. The lowest BCUT2D eigenvalue weighted by Gasteiger charge is -2.11. The Morgan fingerprint density at radius 2 is 2.04 bits per heavy atom. The molecule has 2 heterocycles. The topological polar surface area (TPSA) is 67.1 Å². The molecule has 1 aromatic carbocycles. The molecule has 1 aliphatic rings. The summed E-state index contributed by atoms with van der Waals surface area (Å²) in [5.41, 5.74) is 1.09. The molecule has 0 unspecified atom stereocenters. The number of nitrogens with one attached hydrogen (secondary N) is 2. The zero-order valence-corrected chi connectivity index (χ0v) is 16.7. The molecule has 1 aliphatic heterocycles. The lowest BCUT2D eigenvalue weighted by molar-refractivity contribution is 0.626. The molecule has 136 valence electrons. The molecule has 0 saturated carbocycles. The minimum Gasteiger partial charge on any atom is -0.357 e. The van der Waals surface area contributed by atoms with E-state index in [4.69, 9.17) is 0 Å². The summed E-state index contributed by atoms with van der Waals surface area (Å²) in [6.07, 6.45) is 2.95. The molecule has 6 nitrogen and oxygen atoms in total. The van der Waals surface area contributed by atoms with Gasteiger partial charge in [-0.1, -0.05) is 12.1 Å². The number of hydrogen-bond donors (Lipinski definition) is 2. The van der Waals surface area contributed by atoms with Crippen LogP contribution in [0, 0.1) is 5.82 Å². The smallest absolute Gasteiger partial charge is 0.191 e. The van der Waals surface area contributed by atoms with Gasteiger partial charge in [0, 0.05) is 26.1 Å². The van der Waals surface area contributed by atoms with Crippen molar-refractivity contribution < 1.29 is 4.39 Å². The third-order valence-corrected chi connectivity index (χ3v) is 4.03. The molecular weight excluding hydrogens is 434 g/mol. The van der Waals surface area contributed by atoms with E-state index >= 15 is 0 Å². The quantitative estimate of drug-likeness (QED) is 0.396. The minimum atomic E-state index is -0.206. The predicted molar refractivity (Wildman–Crippen MR) is 107 cm³/mol. The summed E-state index contributed by atoms with van der Waals surface area (Å²) in [4.78, 5) is 4.59. The lowest BCUT2D eigenvalue weighted by atomic mass is 10.1. The van der Waals surface area contributed by atoms with Gasteiger partial charge in [0.15, 0.2) is 11.8 Å². The molecule has 0 radical (unpaired) electrons. The molecule has 0 spiro atoms. The van der Waals surface area contributed by atoms with E-state index in [0.717, 1.165) is 62.1 Å². The van der Waals surface area contributed by atoms with Crippen LogP contribution in [-0.2, 0) is 25.9 Å². The lowest BCUT2D eigenvalue weighted by Crippen LogP contribution is -2.38. The average Bonchev–Trinajstić information content (AvgIpc) is 3.18. The minimum absolute atomic E-state index is 0. The van der Waals surface area contributed by atoms with Gasteiger partial charge in [0.1, 0.15) is 18.2 Å². The highest BCUT2D eigenvalue weighted by Crippen LogP contribution is 2.14. The van der Waals surface area contributed by atoms with Gasteiger partial charge in [-0.3, -0.25) is 0 Å². The molecule has 8 heteroatoms. The van der Waals surface area contributed by atoms with Gasteiger partial charge in [-0.05, 0) is 37.5 Å². The first kappa shape index (κ1) is 19.6. The van der Waals surface area contributed by atoms with E-state index in [1.165, 1.54) is 12.1 Å². The van der Waals surface area contributed by atoms with Crippen molar-refractivity contribution in [2.75, 3.05) is 13.1 Å². The van der Waals surface area contributed by atoms with Gasteiger partial charge >= 0.3 is 0 Å². The second-order valence-electron chi connectivity index (χ2n) is 5.79. The highest BCUT2D eigenvalue weighted by atomic mass is 127. The highest BCUT2D eigenvalue weighted by Gasteiger charge is 2.16. The van der Waals surface area contributed by atoms with Crippen LogP contribution in [0.2, 0.25) is 0 Å². The van der Waals surface area contributed by atoms with Crippen molar-refractivity contribution in [3.63, 3.8) is 0 Å². The fourth-order valence-electron chi connectivity index (χ4n) is 2.80. The summed E-state index contributed by atoms with van der Waals surface area (Å²) in [6, 6.07) is 6.59. The molecule has 0 saturated heterocycles. The van der Waals surface area contributed by atoms with Gasteiger partial charge in [-0.2, -0.15) is 0 Å². The molecule has 0 bridgehead atoms. The summed E-state index contributed by atoms with van der Waals surface area (Å²) in [7, 11) is 0. The number of guanidine groups is 1. The molecule has 25 heavy (non-hydrogen) atoms. The molecule has 0 amide bonds. The number of aromatic nitrogens is 3. The van der Waals surface area contributed by atoms with E-state index in [9.17, 15) is 4.39 Å². The Labute approximate surface area is 164 Å². The zero-order valence-electron chi connectivity index (χ0n) is 14.3. The molecule has 3 rings (SSSR count). The van der Waals surface area contributed by atoms with Crippen LogP contribution in [0.1, 0.15) is 30.6 Å². The van der Waals surface area contributed by atoms with E-state index in [1.807, 2.05) is 6.92 Å². The number of aliphatic imine (C=N–C) groups is 1. The summed E-state index contributed by atoms with van der Waals surface area (Å²) in [6.45, 7) is 5.06. The summed E-state index contributed by atoms with van der Waals surface area (Å²) in [5, 5.41) is 15.0. The maximum absolute atomic E-state index is 12.9. The van der Waals surface area contributed by atoms with E-state index in [0.29, 0.717) is 6.54 Å². The van der Waals surface area contributed by atoms with Crippen molar-refractivity contribution in [1.82, 2.24) is 25.4 Å². The normalized spacial score (nSPS) is 13.3. The van der Waals surface area contributed by atoms with Gasteiger partial charge in [0.25, 0.3) is 0 Å². The van der Waals surface area contributed by atoms with Crippen LogP contribution in [0.25, 0.3) is 0 Å². The number of benzene rings is 1. The summed E-state index contributed by atoms with van der Waals surface area (Å²) in [5.74, 6) is 2.53. The van der Waals surface area contributed by atoms with Crippen LogP contribution < -0.4 is 10.6 Å². The standard InChI is InChI=1S/C17H23FN6.HI/c1-2-19-17(20-10-9-13-5-7-14(18)8-6-13)21-12-16-23-22-15-4-3-11-24(15)16;/h5-8H,2-4,9-12H2,1H3,(H2,19,20,21);1H. The number of fused-ring (bicyclic) bond motifs is 1. The molecule has 1 aromatic heterocycles. The van der Waals surface area contributed by atoms with Crippen molar-refractivity contribution in [2.45, 2.75) is 39.3 Å². The second kappa shape index (κ2) is 9.69. The van der Waals surface area contributed by atoms with Gasteiger partial charge in [-0.25, -0.2) is 9.38 Å². The Morgan fingerprint density at radius 3 is 2.80 bits per heavy atom. The van der Waals surface area contributed by atoms with Crippen molar-refractivity contribution >= 4 is 29.9 Å². The SMILES string of the molecule is CCNC(=NCc1nnc2n1CCC2)NCCc1ccc(F)cc1.I. The van der Waals surface area contributed by atoms with Crippen molar-refractivity contribution in [3.8, 4) is 0 Å².